The summed E-state index contributed by atoms with van der Waals surface area (Å²) in [6.07, 6.45) is -1.17. The Morgan fingerprint density at radius 3 is 1.88 bits per heavy atom. The fourth-order valence-electron chi connectivity index (χ4n) is 1.98. The number of nitrogens with one attached hydrogen (secondary N) is 1. The van der Waals surface area contributed by atoms with Crippen molar-refractivity contribution >= 4 is 23.8 Å². The lowest BCUT2D eigenvalue weighted by atomic mass is 9.94. The number of esters is 1. The normalized spacial score (nSPS) is 14.1. The van der Waals surface area contributed by atoms with Crippen molar-refractivity contribution in [2.24, 2.45) is 5.92 Å². The van der Waals surface area contributed by atoms with Crippen LogP contribution in [0.3, 0.4) is 0 Å². The first-order valence-electron chi connectivity index (χ1n) is 8.57. The molecule has 2 atom stereocenters. The van der Waals surface area contributed by atoms with Gasteiger partial charge in [-0.05, 0) is 54.9 Å². The van der Waals surface area contributed by atoms with Gasteiger partial charge in [0.25, 0.3) is 0 Å². The first-order chi connectivity index (χ1) is 11.6. The summed E-state index contributed by atoms with van der Waals surface area (Å²) < 4.78 is 10.2. The average Bonchev–Trinajstić information content (AvgIpc) is 2.38. The number of ether oxygens (including phenoxy) is 2. The summed E-state index contributed by atoms with van der Waals surface area (Å²) in [6.45, 7) is 11.7. The summed E-state index contributed by atoms with van der Waals surface area (Å²) in [5.74, 6) is -3.17. The molecule has 0 radical (unpaired) electrons. The van der Waals surface area contributed by atoms with Crippen molar-refractivity contribution in [3.63, 3.8) is 0 Å². The van der Waals surface area contributed by atoms with Gasteiger partial charge in [0.1, 0.15) is 11.2 Å². The van der Waals surface area contributed by atoms with E-state index in [1.807, 2.05) is 0 Å². The SMILES string of the molecule is C[C@H](NC(=O)OC(C)(C)C)C(=O)C[C@H](CCC(=O)OC(C)(C)C)C(=O)O. The van der Waals surface area contributed by atoms with Crippen LogP contribution in [0.15, 0.2) is 0 Å². The standard InChI is InChI=1S/C18H31NO7/c1-11(19-16(24)26-18(5,6)7)13(20)10-12(15(22)23)8-9-14(21)25-17(2,3)4/h11-12H,8-10H2,1-7H3,(H,19,24)(H,22,23)/t11-,12-/m0/s1. The van der Waals surface area contributed by atoms with Gasteiger partial charge in [0.05, 0.1) is 12.0 Å². The second-order valence-electron chi connectivity index (χ2n) is 8.20. The molecule has 0 saturated heterocycles. The Morgan fingerprint density at radius 1 is 0.962 bits per heavy atom. The Morgan fingerprint density at radius 2 is 1.46 bits per heavy atom. The summed E-state index contributed by atoms with van der Waals surface area (Å²) >= 11 is 0. The fraction of sp³-hybridized carbons (Fsp3) is 0.778. The first-order valence-corrected chi connectivity index (χ1v) is 8.57. The number of carboxylic acids is 1. The molecule has 0 spiro atoms. The predicted octanol–water partition coefficient (Wildman–Crippen LogP) is 2.68. The molecule has 0 rings (SSSR count). The van der Waals surface area contributed by atoms with E-state index in [9.17, 15) is 24.3 Å². The number of ketones is 1. The van der Waals surface area contributed by atoms with Crippen LogP contribution in [0, 0.1) is 5.92 Å². The largest absolute Gasteiger partial charge is 0.481 e. The number of amides is 1. The number of alkyl carbamates (subject to hydrolysis) is 1. The van der Waals surface area contributed by atoms with E-state index in [0.717, 1.165) is 0 Å². The van der Waals surface area contributed by atoms with Gasteiger partial charge in [0.2, 0.25) is 0 Å². The molecule has 8 nitrogen and oxygen atoms in total. The molecule has 0 aromatic rings. The van der Waals surface area contributed by atoms with Gasteiger partial charge in [0, 0.05) is 12.8 Å². The molecule has 0 fully saturated rings. The van der Waals surface area contributed by atoms with Gasteiger partial charge in [-0.2, -0.15) is 0 Å². The third-order valence-corrected chi connectivity index (χ3v) is 3.13. The Hall–Kier alpha value is -2.12. The van der Waals surface area contributed by atoms with E-state index in [-0.39, 0.29) is 19.3 Å². The number of hydrogen-bond donors (Lipinski definition) is 2. The lowest BCUT2D eigenvalue weighted by Gasteiger charge is -2.22. The van der Waals surface area contributed by atoms with Crippen LogP contribution in [0.2, 0.25) is 0 Å². The molecule has 0 bridgehead atoms. The van der Waals surface area contributed by atoms with E-state index in [0.29, 0.717) is 0 Å². The number of carboxylic acid groups (broad SMARTS) is 1. The molecular formula is C18H31NO7. The van der Waals surface area contributed by atoms with Crippen LogP contribution in [0.5, 0.6) is 0 Å². The highest BCUT2D eigenvalue weighted by Gasteiger charge is 2.27. The second kappa shape index (κ2) is 9.54. The highest BCUT2D eigenvalue weighted by atomic mass is 16.6. The molecule has 0 aromatic carbocycles. The summed E-state index contributed by atoms with van der Waals surface area (Å²) in [7, 11) is 0. The van der Waals surface area contributed by atoms with Gasteiger partial charge in [-0.3, -0.25) is 14.4 Å². The van der Waals surface area contributed by atoms with Gasteiger partial charge in [0.15, 0.2) is 5.78 Å². The van der Waals surface area contributed by atoms with Gasteiger partial charge in [-0.1, -0.05) is 0 Å². The predicted molar refractivity (Wildman–Crippen MR) is 94.7 cm³/mol. The summed E-state index contributed by atoms with van der Waals surface area (Å²) in [5, 5.41) is 11.6. The quantitative estimate of drug-likeness (QED) is 0.628. The monoisotopic (exact) mass is 373 g/mol. The van der Waals surface area contributed by atoms with E-state index in [1.54, 1.807) is 41.5 Å². The highest BCUT2D eigenvalue weighted by molar-refractivity contribution is 5.90. The first kappa shape index (κ1) is 23.9. The molecule has 0 aliphatic carbocycles. The molecule has 8 heteroatoms. The van der Waals surface area contributed by atoms with E-state index in [2.05, 4.69) is 5.32 Å². The van der Waals surface area contributed by atoms with Crippen LogP contribution in [-0.4, -0.2) is 46.2 Å². The van der Waals surface area contributed by atoms with Crippen molar-refractivity contribution in [2.45, 2.75) is 85.0 Å². The third-order valence-electron chi connectivity index (χ3n) is 3.13. The Bertz CT molecular complexity index is 529. The number of aliphatic carboxylic acids is 1. The van der Waals surface area contributed by atoms with Crippen LogP contribution in [0.1, 0.15) is 67.7 Å². The topological polar surface area (TPSA) is 119 Å². The molecular weight excluding hydrogens is 342 g/mol. The zero-order chi connectivity index (χ0) is 20.7. The van der Waals surface area contributed by atoms with Gasteiger partial charge in [-0.25, -0.2) is 4.79 Å². The summed E-state index contributed by atoms with van der Waals surface area (Å²) in [4.78, 5) is 46.9. The number of carbonyl (C=O) groups is 4. The van der Waals surface area contributed by atoms with Crippen molar-refractivity contribution in [1.29, 1.82) is 0 Å². The van der Waals surface area contributed by atoms with E-state index >= 15 is 0 Å². The third kappa shape index (κ3) is 11.4. The van der Waals surface area contributed by atoms with Crippen LogP contribution in [0.25, 0.3) is 0 Å². The highest BCUT2D eigenvalue weighted by Crippen LogP contribution is 2.17. The molecule has 0 aromatic heterocycles. The molecule has 150 valence electrons. The van der Waals surface area contributed by atoms with Crippen molar-refractivity contribution in [1.82, 2.24) is 5.32 Å². The minimum absolute atomic E-state index is 0.0187. The minimum atomic E-state index is -1.17. The maximum atomic E-state index is 12.2. The van der Waals surface area contributed by atoms with Crippen LogP contribution in [0.4, 0.5) is 4.79 Å². The molecule has 0 aliphatic heterocycles. The number of Topliss-reactive ketones (excluding diaryl/α,β-unsaturated/α-hetero) is 1. The Kier molecular flexibility index (Phi) is 8.76. The summed E-state index contributed by atoms with van der Waals surface area (Å²) in [6, 6.07) is -0.895. The van der Waals surface area contributed by atoms with Crippen molar-refractivity contribution in [3.8, 4) is 0 Å². The Labute approximate surface area is 154 Å². The molecule has 2 N–H and O–H groups in total. The second-order valence-corrected chi connectivity index (χ2v) is 8.20. The summed E-state index contributed by atoms with van der Waals surface area (Å²) in [5.41, 5.74) is -1.36. The fourth-order valence-corrected chi connectivity index (χ4v) is 1.98. The molecule has 0 aliphatic rings. The molecule has 0 unspecified atom stereocenters. The van der Waals surface area contributed by atoms with Crippen LogP contribution >= 0.6 is 0 Å². The van der Waals surface area contributed by atoms with Gasteiger partial charge in [-0.15, -0.1) is 0 Å². The number of rotatable bonds is 8. The van der Waals surface area contributed by atoms with Crippen LogP contribution < -0.4 is 5.32 Å². The maximum absolute atomic E-state index is 12.2. The smallest absolute Gasteiger partial charge is 0.408 e. The van der Waals surface area contributed by atoms with Crippen molar-refractivity contribution < 1.29 is 33.8 Å². The van der Waals surface area contributed by atoms with E-state index in [4.69, 9.17) is 9.47 Å². The number of hydrogen-bond acceptors (Lipinski definition) is 6. The average molecular weight is 373 g/mol. The lowest BCUT2D eigenvalue weighted by Crippen LogP contribution is -2.42. The molecule has 26 heavy (non-hydrogen) atoms. The maximum Gasteiger partial charge on any atom is 0.408 e. The van der Waals surface area contributed by atoms with Gasteiger partial charge >= 0.3 is 18.0 Å². The van der Waals surface area contributed by atoms with E-state index in [1.165, 1.54) is 6.92 Å². The van der Waals surface area contributed by atoms with Gasteiger partial charge < -0.3 is 19.9 Å². The Balaban J connectivity index is 4.61. The molecule has 0 heterocycles. The van der Waals surface area contributed by atoms with Crippen molar-refractivity contribution in [2.75, 3.05) is 0 Å². The zero-order valence-electron chi connectivity index (χ0n) is 16.7. The molecule has 1 amide bonds. The van der Waals surface area contributed by atoms with E-state index < -0.39 is 47.0 Å². The van der Waals surface area contributed by atoms with Crippen molar-refractivity contribution in [3.05, 3.63) is 0 Å². The lowest BCUT2D eigenvalue weighted by molar-refractivity contribution is -0.155. The van der Waals surface area contributed by atoms with Crippen LogP contribution in [-0.2, 0) is 23.9 Å². The minimum Gasteiger partial charge on any atom is -0.481 e. The molecule has 0 saturated carbocycles. The zero-order valence-corrected chi connectivity index (χ0v) is 16.7. The number of carbonyl (C=O) groups excluding carboxylic acids is 3.